The number of nitrogens with two attached hydrogens (primary N) is 1. The maximum Gasteiger partial charge on any atom is 0.224 e. The molecule has 2 unspecified atom stereocenters. The van der Waals surface area contributed by atoms with Gasteiger partial charge >= 0.3 is 0 Å². The van der Waals surface area contributed by atoms with E-state index in [2.05, 4.69) is 50.4 Å². The number of hydrogen-bond donors (Lipinski definition) is 2. The quantitative estimate of drug-likeness (QED) is 0.879. The predicted octanol–water partition coefficient (Wildman–Crippen LogP) is 3.72. The van der Waals surface area contributed by atoms with Crippen LogP contribution in [0.3, 0.4) is 0 Å². The van der Waals surface area contributed by atoms with Crippen molar-refractivity contribution < 1.29 is 4.79 Å². The average molecular weight is 339 g/mol. The van der Waals surface area contributed by atoms with Crippen molar-refractivity contribution in [3.8, 4) is 0 Å². The van der Waals surface area contributed by atoms with Crippen molar-refractivity contribution in [1.82, 2.24) is 5.32 Å². The molecule has 1 aliphatic carbocycles. The molecule has 0 aromatic heterocycles. The number of amides is 1. The average Bonchev–Trinajstić information content (AvgIpc) is 2.45. The van der Waals surface area contributed by atoms with Crippen LogP contribution >= 0.6 is 12.4 Å². The van der Waals surface area contributed by atoms with Gasteiger partial charge in [-0.2, -0.15) is 0 Å². The first-order valence-electron chi connectivity index (χ1n) is 8.36. The zero-order chi connectivity index (χ0) is 16.4. The van der Waals surface area contributed by atoms with Crippen molar-refractivity contribution in [3.05, 3.63) is 35.4 Å². The number of carbonyl (C=O) groups excluding carboxylic acids is 1. The number of carbonyl (C=O) groups is 1. The molecule has 23 heavy (non-hydrogen) atoms. The number of halogens is 1. The summed E-state index contributed by atoms with van der Waals surface area (Å²) in [5.41, 5.74) is 8.39. The predicted molar refractivity (Wildman–Crippen MR) is 99.0 cm³/mol. The van der Waals surface area contributed by atoms with Gasteiger partial charge in [0, 0.05) is 17.5 Å². The Labute approximate surface area is 146 Å². The van der Waals surface area contributed by atoms with Crippen molar-refractivity contribution in [3.63, 3.8) is 0 Å². The van der Waals surface area contributed by atoms with Crippen LogP contribution in [0.5, 0.6) is 0 Å². The van der Waals surface area contributed by atoms with Crippen LogP contribution < -0.4 is 11.1 Å². The molecule has 4 heteroatoms. The lowest BCUT2D eigenvalue weighted by Crippen LogP contribution is -2.54. The number of hydrogen-bond acceptors (Lipinski definition) is 2. The summed E-state index contributed by atoms with van der Waals surface area (Å²) in [6.07, 6.45) is 4.08. The van der Waals surface area contributed by atoms with Gasteiger partial charge in [0.1, 0.15) is 0 Å². The lowest BCUT2D eigenvalue weighted by atomic mass is 9.74. The summed E-state index contributed by atoms with van der Waals surface area (Å²) >= 11 is 0. The lowest BCUT2D eigenvalue weighted by molar-refractivity contribution is -0.128. The minimum absolute atomic E-state index is 0. The van der Waals surface area contributed by atoms with Gasteiger partial charge < -0.3 is 11.1 Å². The van der Waals surface area contributed by atoms with Crippen LogP contribution in [0, 0.1) is 12.8 Å². The lowest BCUT2D eigenvalue weighted by Gasteiger charge is -2.38. The van der Waals surface area contributed by atoms with Gasteiger partial charge in [0.15, 0.2) is 0 Å². The molecule has 2 atom stereocenters. The fourth-order valence-corrected chi connectivity index (χ4v) is 3.33. The normalized spacial score (nSPS) is 24.7. The third-order valence-electron chi connectivity index (χ3n) is 5.11. The van der Waals surface area contributed by atoms with E-state index < -0.39 is 0 Å². The first-order chi connectivity index (χ1) is 10.2. The van der Waals surface area contributed by atoms with Crippen LogP contribution in [0.2, 0.25) is 0 Å². The fraction of sp³-hybridized carbons (Fsp3) is 0.632. The van der Waals surface area contributed by atoms with Crippen LogP contribution in [-0.2, 0) is 10.2 Å². The molecule has 0 heterocycles. The van der Waals surface area contributed by atoms with Gasteiger partial charge in [-0.05, 0) is 32.3 Å². The van der Waals surface area contributed by atoms with Crippen molar-refractivity contribution in [2.75, 3.05) is 6.54 Å². The summed E-state index contributed by atoms with van der Waals surface area (Å²) in [5, 5.41) is 3.14. The molecule has 3 nitrogen and oxygen atoms in total. The number of rotatable bonds is 4. The Morgan fingerprint density at radius 3 is 2.48 bits per heavy atom. The highest BCUT2D eigenvalue weighted by Gasteiger charge is 2.38. The molecule has 3 N–H and O–H groups in total. The summed E-state index contributed by atoms with van der Waals surface area (Å²) in [4.78, 5) is 12.6. The highest BCUT2D eigenvalue weighted by atomic mass is 35.5. The molecule has 2 rings (SSSR count). The highest BCUT2D eigenvalue weighted by Crippen LogP contribution is 2.32. The van der Waals surface area contributed by atoms with Crippen LogP contribution in [0.1, 0.15) is 57.6 Å². The molecule has 0 bridgehead atoms. The molecular weight excluding hydrogens is 308 g/mol. The molecule has 1 aliphatic rings. The van der Waals surface area contributed by atoms with Gasteiger partial charge in [-0.15, -0.1) is 12.4 Å². The molecule has 0 saturated heterocycles. The minimum atomic E-state index is -0.365. The van der Waals surface area contributed by atoms with Crippen molar-refractivity contribution in [2.45, 2.75) is 64.3 Å². The third kappa shape index (κ3) is 4.95. The SMILES string of the molecule is Cc1ccc(C(C)(C)CNC(=O)C2CCCCC2(C)N)cc1.Cl. The molecule has 1 fully saturated rings. The molecule has 0 spiro atoms. The largest absolute Gasteiger partial charge is 0.355 e. The Balaban J connectivity index is 0.00000264. The van der Waals surface area contributed by atoms with Gasteiger partial charge in [0.05, 0.1) is 5.92 Å². The van der Waals surface area contributed by atoms with E-state index in [-0.39, 0.29) is 35.2 Å². The molecule has 1 aromatic rings. The second-order valence-corrected chi connectivity index (χ2v) is 7.77. The molecule has 0 radical (unpaired) electrons. The van der Waals surface area contributed by atoms with E-state index in [9.17, 15) is 4.79 Å². The topological polar surface area (TPSA) is 55.1 Å². The van der Waals surface area contributed by atoms with Gasteiger partial charge in [-0.3, -0.25) is 4.79 Å². The van der Waals surface area contributed by atoms with Crippen molar-refractivity contribution in [2.24, 2.45) is 11.7 Å². The zero-order valence-corrected chi connectivity index (χ0v) is 15.6. The van der Waals surface area contributed by atoms with Crippen molar-refractivity contribution >= 4 is 18.3 Å². The van der Waals surface area contributed by atoms with Gasteiger partial charge in [0.25, 0.3) is 0 Å². The maximum absolute atomic E-state index is 12.6. The molecule has 0 aliphatic heterocycles. The molecule has 1 saturated carbocycles. The molecular formula is C19H31ClN2O. The number of aryl methyl sites for hydroxylation is 1. The van der Waals surface area contributed by atoms with E-state index >= 15 is 0 Å². The molecule has 130 valence electrons. The standard InChI is InChI=1S/C19H30N2O.ClH/c1-14-8-10-15(11-9-14)18(2,3)13-21-17(22)16-7-5-6-12-19(16,4)20;/h8-11,16H,5-7,12-13,20H2,1-4H3,(H,21,22);1H. The smallest absolute Gasteiger partial charge is 0.224 e. The van der Waals surface area contributed by atoms with Crippen LogP contribution in [0.4, 0.5) is 0 Å². The van der Waals surface area contributed by atoms with Gasteiger partial charge in [-0.1, -0.05) is 56.5 Å². The van der Waals surface area contributed by atoms with E-state index in [0.29, 0.717) is 6.54 Å². The summed E-state index contributed by atoms with van der Waals surface area (Å²) in [6, 6.07) is 8.54. The summed E-state index contributed by atoms with van der Waals surface area (Å²) in [6.45, 7) is 9.08. The van der Waals surface area contributed by atoms with Gasteiger partial charge in [-0.25, -0.2) is 0 Å². The first-order valence-corrected chi connectivity index (χ1v) is 8.36. The monoisotopic (exact) mass is 338 g/mol. The number of benzene rings is 1. The van der Waals surface area contributed by atoms with Crippen LogP contribution in [-0.4, -0.2) is 18.0 Å². The van der Waals surface area contributed by atoms with Crippen LogP contribution in [0.25, 0.3) is 0 Å². The Morgan fingerprint density at radius 1 is 1.30 bits per heavy atom. The Hall–Kier alpha value is -1.06. The van der Waals surface area contributed by atoms with E-state index in [1.54, 1.807) is 0 Å². The number of nitrogens with one attached hydrogen (secondary N) is 1. The fourth-order valence-electron chi connectivity index (χ4n) is 3.33. The zero-order valence-electron chi connectivity index (χ0n) is 14.8. The van der Waals surface area contributed by atoms with E-state index in [0.717, 1.165) is 25.7 Å². The van der Waals surface area contributed by atoms with Crippen molar-refractivity contribution in [1.29, 1.82) is 0 Å². The molecule has 1 aromatic carbocycles. The summed E-state index contributed by atoms with van der Waals surface area (Å²) in [5.74, 6) is 0.0555. The first kappa shape index (κ1) is 20.0. The van der Waals surface area contributed by atoms with E-state index in [1.807, 2.05) is 6.92 Å². The Morgan fingerprint density at radius 2 is 1.91 bits per heavy atom. The van der Waals surface area contributed by atoms with Gasteiger partial charge in [0.2, 0.25) is 5.91 Å². The Bertz CT molecular complexity index is 523. The second-order valence-electron chi connectivity index (χ2n) is 7.77. The van der Waals surface area contributed by atoms with E-state index in [1.165, 1.54) is 11.1 Å². The third-order valence-corrected chi connectivity index (χ3v) is 5.11. The second kappa shape index (κ2) is 7.67. The Kier molecular flexibility index (Phi) is 6.67. The summed E-state index contributed by atoms with van der Waals surface area (Å²) in [7, 11) is 0. The van der Waals surface area contributed by atoms with Crippen LogP contribution in [0.15, 0.2) is 24.3 Å². The maximum atomic E-state index is 12.6. The summed E-state index contributed by atoms with van der Waals surface area (Å²) < 4.78 is 0. The molecule has 1 amide bonds. The van der Waals surface area contributed by atoms with E-state index in [4.69, 9.17) is 5.73 Å². The highest BCUT2D eigenvalue weighted by molar-refractivity contribution is 5.85. The minimum Gasteiger partial charge on any atom is -0.355 e.